The third-order valence-electron chi connectivity index (χ3n) is 2.16. The molecule has 0 spiro atoms. The highest BCUT2D eigenvalue weighted by Crippen LogP contribution is 2.29. The Bertz CT molecular complexity index is 379. The predicted octanol–water partition coefficient (Wildman–Crippen LogP) is 2.00. The first-order valence-electron chi connectivity index (χ1n) is 5.41. The van der Waals surface area contributed by atoms with E-state index in [0.717, 1.165) is 23.5 Å². The first kappa shape index (κ1) is 13.1. The lowest BCUT2D eigenvalue weighted by atomic mass is 9.98. The molecule has 90 valence electrons. The van der Waals surface area contributed by atoms with Crippen LogP contribution in [-0.4, -0.2) is 10.9 Å². The molecule has 1 rings (SSSR count). The van der Waals surface area contributed by atoms with Crippen molar-refractivity contribution in [1.29, 1.82) is 0 Å². The maximum Gasteiger partial charge on any atom is 0.277 e. The Hall–Kier alpha value is -0.940. The number of nitrogen functional groups attached to an aromatic ring is 1. The molecule has 0 atom stereocenters. The lowest BCUT2D eigenvalue weighted by Gasteiger charge is -2.13. The summed E-state index contributed by atoms with van der Waals surface area (Å²) in [6, 6.07) is 0. The minimum absolute atomic E-state index is 0.0275. The van der Waals surface area contributed by atoms with Gasteiger partial charge in [-0.25, -0.2) is 10.8 Å². The first-order chi connectivity index (χ1) is 7.40. The van der Waals surface area contributed by atoms with Gasteiger partial charge in [0.25, 0.3) is 5.91 Å². The minimum Gasteiger partial charge on any atom is -0.289 e. The highest BCUT2D eigenvalue weighted by molar-refractivity contribution is 7.14. The zero-order valence-corrected chi connectivity index (χ0v) is 11.1. The average molecular weight is 241 g/mol. The van der Waals surface area contributed by atoms with Crippen molar-refractivity contribution in [3.05, 3.63) is 15.6 Å². The SMILES string of the molecule is CCCc1nc(C(C)(C)C)sc1C(=O)NN. The predicted molar refractivity (Wildman–Crippen MR) is 66.5 cm³/mol. The highest BCUT2D eigenvalue weighted by Gasteiger charge is 2.23. The maximum absolute atomic E-state index is 11.6. The van der Waals surface area contributed by atoms with Crippen LogP contribution < -0.4 is 11.3 Å². The van der Waals surface area contributed by atoms with Gasteiger partial charge in [-0.05, 0) is 6.42 Å². The average Bonchev–Trinajstić information content (AvgIpc) is 2.61. The van der Waals surface area contributed by atoms with Crippen molar-refractivity contribution in [3.8, 4) is 0 Å². The van der Waals surface area contributed by atoms with Crippen LogP contribution in [0.4, 0.5) is 0 Å². The molecule has 0 aliphatic carbocycles. The van der Waals surface area contributed by atoms with E-state index in [1.54, 1.807) is 0 Å². The van der Waals surface area contributed by atoms with E-state index in [0.29, 0.717) is 4.88 Å². The molecule has 3 N–H and O–H groups in total. The van der Waals surface area contributed by atoms with Crippen LogP contribution in [-0.2, 0) is 11.8 Å². The molecule has 0 aliphatic rings. The van der Waals surface area contributed by atoms with Gasteiger partial charge in [-0.3, -0.25) is 10.2 Å². The Kier molecular flexibility index (Phi) is 4.04. The van der Waals surface area contributed by atoms with Crippen LogP contribution in [0, 0.1) is 0 Å². The van der Waals surface area contributed by atoms with Crippen molar-refractivity contribution in [2.24, 2.45) is 5.84 Å². The van der Waals surface area contributed by atoms with E-state index in [4.69, 9.17) is 5.84 Å². The smallest absolute Gasteiger partial charge is 0.277 e. The lowest BCUT2D eigenvalue weighted by Crippen LogP contribution is -2.30. The van der Waals surface area contributed by atoms with E-state index in [9.17, 15) is 4.79 Å². The van der Waals surface area contributed by atoms with E-state index in [-0.39, 0.29) is 11.3 Å². The van der Waals surface area contributed by atoms with Crippen LogP contribution >= 0.6 is 11.3 Å². The highest BCUT2D eigenvalue weighted by atomic mass is 32.1. The second kappa shape index (κ2) is 4.93. The molecule has 0 aliphatic heterocycles. The minimum atomic E-state index is -0.239. The molecule has 5 heteroatoms. The number of rotatable bonds is 3. The molecule has 0 saturated heterocycles. The number of hydrogen-bond donors (Lipinski definition) is 2. The summed E-state index contributed by atoms with van der Waals surface area (Å²) in [5.41, 5.74) is 3.01. The van der Waals surface area contributed by atoms with Crippen LogP contribution in [0.5, 0.6) is 0 Å². The summed E-state index contributed by atoms with van der Waals surface area (Å²) in [7, 11) is 0. The second-order valence-electron chi connectivity index (χ2n) is 4.77. The van der Waals surface area contributed by atoms with Crippen LogP contribution in [0.3, 0.4) is 0 Å². The number of amides is 1. The molecule has 16 heavy (non-hydrogen) atoms. The largest absolute Gasteiger partial charge is 0.289 e. The Labute approximate surface area is 100 Å². The molecule has 1 aromatic heterocycles. The molecular formula is C11H19N3OS. The van der Waals surface area contributed by atoms with E-state index in [2.05, 4.69) is 38.1 Å². The number of thiazole rings is 1. The summed E-state index contributed by atoms with van der Waals surface area (Å²) in [5.74, 6) is 4.93. The number of nitrogens with two attached hydrogens (primary N) is 1. The van der Waals surface area contributed by atoms with Gasteiger partial charge in [0, 0.05) is 5.41 Å². The van der Waals surface area contributed by atoms with Gasteiger partial charge in [-0.2, -0.15) is 0 Å². The van der Waals surface area contributed by atoms with Gasteiger partial charge in [0.2, 0.25) is 0 Å². The molecule has 0 radical (unpaired) electrons. The number of carbonyl (C=O) groups excluding carboxylic acids is 1. The van der Waals surface area contributed by atoms with Crippen LogP contribution in [0.1, 0.15) is 54.5 Å². The zero-order chi connectivity index (χ0) is 12.3. The fourth-order valence-electron chi connectivity index (χ4n) is 1.32. The van der Waals surface area contributed by atoms with E-state index >= 15 is 0 Å². The third-order valence-corrected chi connectivity index (χ3v) is 3.69. The van der Waals surface area contributed by atoms with Gasteiger partial charge in [0.1, 0.15) is 4.88 Å². The maximum atomic E-state index is 11.6. The summed E-state index contributed by atoms with van der Waals surface area (Å²) >= 11 is 1.44. The molecule has 1 aromatic rings. The van der Waals surface area contributed by atoms with Crippen LogP contribution in [0.2, 0.25) is 0 Å². The number of hydrogen-bond acceptors (Lipinski definition) is 4. The Morgan fingerprint density at radius 2 is 2.12 bits per heavy atom. The Morgan fingerprint density at radius 3 is 2.56 bits per heavy atom. The van der Waals surface area contributed by atoms with Crippen molar-refractivity contribution < 1.29 is 4.79 Å². The van der Waals surface area contributed by atoms with E-state index in [1.165, 1.54) is 11.3 Å². The number of hydrazine groups is 1. The molecule has 0 aromatic carbocycles. The van der Waals surface area contributed by atoms with Gasteiger partial charge in [0.15, 0.2) is 0 Å². The van der Waals surface area contributed by atoms with Gasteiger partial charge in [0.05, 0.1) is 10.7 Å². The number of nitrogens with zero attached hydrogens (tertiary/aromatic N) is 1. The normalized spacial score (nSPS) is 11.6. The summed E-state index contributed by atoms with van der Waals surface area (Å²) < 4.78 is 0. The van der Waals surface area contributed by atoms with Crippen molar-refractivity contribution in [1.82, 2.24) is 10.4 Å². The van der Waals surface area contributed by atoms with Crippen LogP contribution in [0.15, 0.2) is 0 Å². The zero-order valence-electron chi connectivity index (χ0n) is 10.3. The monoisotopic (exact) mass is 241 g/mol. The fraction of sp³-hybridized carbons (Fsp3) is 0.636. The van der Waals surface area contributed by atoms with Gasteiger partial charge < -0.3 is 0 Å². The van der Waals surface area contributed by atoms with Crippen LogP contribution in [0.25, 0.3) is 0 Å². The van der Waals surface area contributed by atoms with Gasteiger partial charge in [-0.1, -0.05) is 34.1 Å². The standard InChI is InChI=1S/C11H19N3OS/c1-5-6-7-8(9(15)14-12)16-10(13-7)11(2,3)4/h5-6,12H2,1-4H3,(H,14,15). The van der Waals surface area contributed by atoms with E-state index in [1.807, 2.05) is 0 Å². The second-order valence-corrected chi connectivity index (χ2v) is 5.77. The number of carbonyl (C=O) groups is 1. The molecule has 0 bridgehead atoms. The Balaban J connectivity index is 3.15. The topological polar surface area (TPSA) is 68.0 Å². The Morgan fingerprint density at radius 1 is 1.50 bits per heavy atom. The van der Waals surface area contributed by atoms with Crippen molar-refractivity contribution in [2.75, 3.05) is 0 Å². The molecule has 4 nitrogen and oxygen atoms in total. The van der Waals surface area contributed by atoms with E-state index < -0.39 is 0 Å². The quantitative estimate of drug-likeness (QED) is 0.483. The first-order valence-corrected chi connectivity index (χ1v) is 6.23. The molecule has 0 fully saturated rings. The summed E-state index contributed by atoms with van der Waals surface area (Å²) in [5, 5.41) is 0.981. The lowest BCUT2D eigenvalue weighted by molar-refractivity contribution is 0.0956. The number of aryl methyl sites for hydroxylation is 1. The molecule has 0 saturated carbocycles. The number of aromatic nitrogens is 1. The summed E-state index contributed by atoms with van der Waals surface area (Å²) in [6.07, 6.45) is 1.79. The summed E-state index contributed by atoms with van der Waals surface area (Å²) in [6.45, 7) is 8.34. The number of nitrogens with one attached hydrogen (secondary N) is 1. The fourth-order valence-corrected chi connectivity index (χ4v) is 2.39. The molecular weight excluding hydrogens is 222 g/mol. The van der Waals surface area contributed by atoms with Crippen molar-refractivity contribution in [2.45, 2.75) is 46.0 Å². The summed E-state index contributed by atoms with van der Waals surface area (Å²) in [4.78, 5) is 16.8. The van der Waals surface area contributed by atoms with Crippen molar-refractivity contribution in [3.63, 3.8) is 0 Å². The molecule has 1 amide bonds. The molecule has 1 heterocycles. The molecule has 0 unspecified atom stereocenters. The van der Waals surface area contributed by atoms with Gasteiger partial charge >= 0.3 is 0 Å². The van der Waals surface area contributed by atoms with Gasteiger partial charge in [-0.15, -0.1) is 11.3 Å². The van der Waals surface area contributed by atoms with Crippen molar-refractivity contribution >= 4 is 17.2 Å². The third kappa shape index (κ3) is 2.80.